The van der Waals surface area contributed by atoms with Gasteiger partial charge in [-0.1, -0.05) is 72.1 Å². The van der Waals surface area contributed by atoms with Crippen LogP contribution in [0.3, 0.4) is 0 Å². The molecule has 0 N–H and O–H groups in total. The van der Waals surface area contributed by atoms with Gasteiger partial charge in [-0.25, -0.2) is 4.79 Å². The van der Waals surface area contributed by atoms with E-state index in [1.165, 1.54) is 39.0 Å². The number of Topliss-reactive ketones (excluding diaryl/α,β-unsaturated/α-hetero) is 1. The Kier molecular flexibility index (Phi) is 12.7. The number of ketones is 1. The third-order valence-corrected chi connectivity index (χ3v) is 8.12. The first kappa shape index (κ1) is 31.4. The van der Waals surface area contributed by atoms with Gasteiger partial charge in [-0.05, 0) is 80.1 Å². The minimum Gasteiger partial charge on any atom is -0.481 e. The number of nitrogens with zero attached hydrogens (tertiary/aromatic N) is 1. The SMILES string of the molecule is CCCCCCCCCC(Oc1ccc(C(=O)Oc2ccc(C(C)=O)cc2)cc1)C(=O)N1CC(CC)C(CC)C1. The molecule has 40 heavy (non-hydrogen) atoms. The standard InChI is InChI=1S/C34H47NO5/c1-5-8-9-10-11-12-13-14-32(33(37)35-23-26(6-2)27(7-3)24-35)39-30-21-17-29(18-22-30)34(38)40-31-19-15-28(16-20-31)25(4)36/h15-22,26-27,32H,5-14,23-24H2,1-4H3. The minimum absolute atomic E-state index is 0.0441. The number of carbonyl (C=O) groups excluding carboxylic acids is 3. The van der Waals surface area contributed by atoms with Crippen molar-refractivity contribution in [1.82, 2.24) is 4.90 Å². The molecular weight excluding hydrogens is 502 g/mol. The zero-order chi connectivity index (χ0) is 28.9. The van der Waals surface area contributed by atoms with Crippen LogP contribution in [0.5, 0.6) is 11.5 Å². The lowest BCUT2D eigenvalue weighted by Gasteiger charge is -2.25. The summed E-state index contributed by atoms with van der Waals surface area (Å²) >= 11 is 0. The zero-order valence-electron chi connectivity index (χ0n) is 24.8. The summed E-state index contributed by atoms with van der Waals surface area (Å²) in [7, 11) is 0. The largest absolute Gasteiger partial charge is 0.481 e. The molecule has 0 radical (unpaired) electrons. The molecule has 6 nitrogen and oxygen atoms in total. The van der Waals surface area contributed by atoms with E-state index in [9.17, 15) is 14.4 Å². The third kappa shape index (κ3) is 9.21. The lowest BCUT2D eigenvalue weighted by Crippen LogP contribution is -2.41. The van der Waals surface area contributed by atoms with Gasteiger partial charge < -0.3 is 14.4 Å². The second kappa shape index (κ2) is 16.2. The fraction of sp³-hybridized carbons (Fsp3) is 0.559. The van der Waals surface area contributed by atoms with Crippen molar-refractivity contribution in [2.24, 2.45) is 11.8 Å². The van der Waals surface area contributed by atoms with Crippen LogP contribution in [0.15, 0.2) is 48.5 Å². The number of unbranched alkanes of at least 4 members (excludes halogenated alkanes) is 6. The van der Waals surface area contributed by atoms with Crippen LogP contribution < -0.4 is 9.47 Å². The molecule has 1 aliphatic rings. The van der Waals surface area contributed by atoms with Crippen LogP contribution >= 0.6 is 0 Å². The molecule has 1 heterocycles. The van der Waals surface area contributed by atoms with Crippen molar-refractivity contribution in [1.29, 1.82) is 0 Å². The van der Waals surface area contributed by atoms with Crippen LogP contribution in [0.4, 0.5) is 0 Å². The Morgan fingerprint density at radius 1 is 0.750 bits per heavy atom. The van der Waals surface area contributed by atoms with Gasteiger partial charge in [-0.15, -0.1) is 0 Å². The average molecular weight is 550 g/mol. The Morgan fingerprint density at radius 3 is 1.82 bits per heavy atom. The number of esters is 1. The topological polar surface area (TPSA) is 72.9 Å². The number of hydrogen-bond donors (Lipinski definition) is 0. The monoisotopic (exact) mass is 549 g/mol. The molecule has 0 bridgehead atoms. The van der Waals surface area contributed by atoms with Crippen LogP contribution in [0.25, 0.3) is 0 Å². The molecule has 1 fully saturated rings. The van der Waals surface area contributed by atoms with E-state index in [4.69, 9.17) is 9.47 Å². The first-order valence-electron chi connectivity index (χ1n) is 15.2. The summed E-state index contributed by atoms with van der Waals surface area (Å²) in [5.41, 5.74) is 0.945. The number of hydrogen-bond acceptors (Lipinski definition) is 5. The Hall–Kier alpha value is -3.15. The first-order chi connectivity index (χ1) is 19.4. The molecule has 6 heteroatoms. The maximum Gasteiger partial charge on any atom is 0.343 e. The molecular formula is C34H47NO5. The van der Waals surface area contributed by atoms with Crippen molar-refractivity contribution in [2.45, 2.75) is 98.0 Å². The van der Waals surface area contributed by atoms with Crippen molar-refractivity contribution in [3.8, 4) is 11.5 Å². The summed E-state index contributed by atoms with van der Waals surface area (Å²) in [5, 5.41) is 0. The van der Waals surface area contributed by atoms with Crippen LogP contribution in [0.1, 0.15) is 113 Å². The Labute approximate surface area is 240 Å². The van der Waals surface area contributed by atoms with Crippen LogP contribution in [-0.4, -0.2) is 41.8 Å². The second-order valence-corrected chi connectivity index (χ2v) is 11.1. The summed E-state index contributed by atoms with van der Waals surface area (Å²) in [6.07, 6.45) is 10.6. The lowest BCUT2D eigenvalue weighted by molar-refractivity contribution is -0.138. The van der Waals surface area contributed by atoms with E-state index in [1.54, 1.807) is 48.5 Å². The van der Waals surface area contributed by atoms with Crippen molar-refractivity contribution < 1.29 is 23.9 Å². The second-order valence-electron chi connectivity index (χ2n) is 11.1. The molecule has 1 saturated heterocycles. The smallest absolute Gasteiger partial charge is 0.343 e. The number of carbonyl (C=O) groups is 3. The van der Waals surface area contributed by atoms with Crippen LogP contribution in [-0.2, 0) is 4.79 Å². The quantitative estimate of drug-likeness (QED) is 0.0921. The van der Waals surface area contributed by atoms with Crippen LogP contribution in [0.2, 0.25) is 0 Å². The van der Waals surface area contributed by atoms with Gasteiger partial charge in [0.15, 0.2) is 11.9 Å². The van der Waals surface area contributed by atoms with E-state index >= 15 is 0 Å². The number of ether oxygens (including phenoxy) is 2. The number of benzene rings is 2. The minimum atomic E-state index is -0.527. The summed E-state index contributed by atoms with van der Waals surface area (Å²) in [6.45, 7) is 9.75. The molecule has 0 aromatic heterocycles. The van der Waals surface area contributed by atoms with Gasteiger partial charge in [0.25, 0.3) is 5.91 Å². The molecule has 0 saturated carbocycles. The Morgan fingerprint density at radius 2 is 1.27 bits per heavy atom. The van der Waals surface area contributed by atoms with E-state index in [-0.39, 0.29) is 11.7 Å². The van der Waals surface area contributed by atoms with E-state index in [2.05, 4.69) is 20.8 Å². The number of rotatable bonds is 16. The molecule has 1 aliphatic heterocycles. The van der Waals surface area contributed by atoms with Crippen molar-refractivity contribution in [3.63, 3.8) is 0 Å². The fourth-order valence-electron chi connectivity index (χ4n) is 5.52. The lowest BCUT2D eigenvalue weighted by atomic mass is 9.92. The molecule has 218 valence electrons. The van der Waals surface area contributed by atoms with Gasteiger partial charge in [-0.3, -0.25) is 9.59 Å². The summed E-state index contributed by atoms with van der Waals surface area (Å²) in [4.78, 5) is 39.7. The van der Waals surface area contributed by atoms with Crippen molar-refractivity contribution in [3.05, 3.63) is 59.7 Å². The highest BCUT2D eigenvalue weighted by molar-refractivity contribution is 5.94. The van der Waals surface area contributed by atoms with E-state index in [1.807, 2.05) is 4.90 Å². The predicted octanol–water partition coefficient (Wildman–Crippen LogP) is 7.89. The van der Waals surface area contributed by atoms with Gasteiger partial charge in [-0.2, -0.15) is 0 Å². The van der Waals surface area contributed by atoms with Gasteiger partial charge >= 0.3 is 5.97 Å². The molecule has 0 aliphatic carbocycles. The molecule has 2 aromatic carbocycles. The first-order valence-corrected chi connectivity index (χ1v) is 15.2. The predicted molar refractivity (Wildman–Crippen MR) is 159 cm³/mol. The fourth-order valence-corrected chi connectivity index (χ4v) is 5.52. The zero-order valence-corrected chi connectivity index (χ0v) is 24.8. The molecule has 0 spiro atoms. The Balaban J connectivity index is 1.62. The van der Waals surface area contributed by atoms with Gasteiger partial charge in [0, 0.05) is 18.7 Å². The summed E-state index contributed by atoms with van der Waals surface area (Å²) in [6, 6.07) is 13.3. The molecule has 1 amide bonds. The molecule has 3 unspecified atom stereocenters. The van der Waals surface area contributed by atoms with Crippen molar-refractivity contribution in [2.75, 3.05) is 13.1 Å². The molecule has 3 rings (SSSR count). The normalized spacial score (nSPS) is 17.4. The Bertz CT molecular complexity index is 1070. The van der Waals surface area contributed by atoms with Gasteiger partial charge in [0.1, 0.15) is 11.5 Å². The third-order valence-electron chi connectivity index (χ3n) is 8.12. The number of amides is 1. The van der Waals surface area contributed by atoms with E-state index < -0.39 is 12.1 Å². The average Bonchev–Trinajstić information content (AvgIpc) is 3.40. The van der Waals surface area contributed by atoms with E-state index in [0.717, 1.165) is 38.8 Å². The highest BCUT2D eigenvalue weighted by Crippen LogP contribution is 2.30. The van der Waals surface area contributed by atoms with Gasteiger partial charge in [0.2, 0.25) is 0 Å². The highest BCUT2D eigenvalue weighted by atomic mass is 16.5. The molecule has 2 aromatic rings. The van der Waals surface area contributed by atoms with Gasteiger partial charge in [0.05, 0.1) is 5.56 Å². The highest BCUT2D eigenvalue weighted by Gasteiger charge is 2.36. The summed E-state index contributed by atoms with van der Waals surface area (Å²) < 4.78 is 11.7. The maximum absolute atomic E-state index is 13.6. The molecule has 3 atom stereocenters. The van der Waals surface area contributed by atoms with Crippen LogP contribution in [0, 0.1) is 11.8 Å². The summed E-state index contributed by atoms with van der Waals surface area (Å²) in [5.74, 6) is 1.59. The maximum atomic E-state index is 13.6. The van der Waals surface area contributed by atoms with Crippen molar-refractivity contribution >= 4 is 17.7 Å². The van der Waals surface area contributed by atoms with E-state index in [0.29, 0.717) is 40.9 Å². The number of likely N-dealkylation sites (tertiary alicyclic amines) is 1.